The van der Waals surface area contributed by atoms with Crippen molar-refractivity contribution < 1.29 is 14.3 Å². The predicted molar refractivity (Wildman–Crippen MR) is 102 cm³/mol. The molecule has 0 fully saturated rings. The van der Waals surface area contributed by atoms with Crippen LogP contribution in [0.25, 0.3) is 0 Å². The maximum atomic E-state index is 12.4. The molecule has 6 nitrogen and oxygen atoms in total. The Morgan fingerprint density at radius 1 is 1.20 bits per heavy atom. The fraction of sp³-hybridized carbons (Fsp3) is 0.556. The van der Waals surface area contributed by atoms with Crippen molar-refractivity contribution in [3.63, 3.8) is 0 Å². The molecule has 0 aliphatic heterocycles. The Morgan fingerprint density at radius 2 is 1.84 bits per heavy atom. The van der Waals surface area contributed by atoms with Gasteiger partial charge in [0.1, 0.15) is 0 Å². The molecule has 1 atom stereocenters. The standard InChI is InChI=1S/C18H29N3O3.ClH/c1-14(2)17(19)18(23)20-13-16(22)21(11-12-24-3)10-9-15-7-5-4-6-8-15;/h4-8,14,17H,9-13,19H2,1-3H3,(H,20,23);1H/t17-;/m0./s1. The molecule has 0 bridgehead atoms. The molecule has 142 valence electrons. The summed E-state index contributed by atoms with van der Waals surface area (Å²) >= 11 is 0. The van der Waals surface area contributed by atoms with E-state index in [0.717, 1.165) is 6.42 Å². The molecule has 1 rings (SSSR count). The molecule has 3 N–H and O–H groups in total. The lowest BCUT2D eigenvalue weighted by molar-refractivity contribution is -0.133. The number of carbonyl (C=O) groups is 2. The maximum absolute atomic E-state index is 12.4. The minimum atomic E-state index is -0.602. The van der Waals surface area contributed by atoms with E-state index in [1.54, 1.807) is 12.0 Å². The number of carbonyl (C=O) groups excluding carboxylic acids is 2. The summed E-state index contributed by atoms with van der Waals surface area (Å²) in [4.78, 5) is 26.0. The smallest absolute Gasteiger partial charge is 0.242 e. The quantitative estimate of drug-likeness (QED) is 0.647. The number of benzene rings is 1. The molecule has 0 saturated heterocycles. The van der Waals surface area contributed by atoms with Crippen molar-refractivity contribution in [3.05, 3.63) is 35.9 Å². The van der Waals surface area contributed by atoms with Gasteiger partial charge in [-0.3, -0.25) is 9.59 Å². The number of nitrogens with zero attached hydrogens (tertiary/aromatic N) is 1. The van der Waals surface area contributed by atoms with Crippen LogP contribution in [0.4, 0.5) is 0 Å². The molecular formula is C18H30ClN3O3. The van der Waals surface area contributed by atoms with Gasteiger partial charge in [-0.25, -0.2) is 0 Å². The summed E-state index contributed by atoms with van der Waals surface area (Å²) in [5.74, 6) is -0.400. The van der Waals surface area contributed by atoms with Gasteiger partial charge in [-0.15, -0.1) is 12.4 Å². The first-order valence-corrected chi connectivity index (χ1v) is 8.29. The number of halogens is 1. The van der Waals surface area contributed by atoms with Crippen LogP contribution in [0, 0.1) is 5.92 Å². The van der Waals surface area contributed by atoms with E-state index in [0.29, 0.717) is 19.7 Å². The number of rotatable bonds is 10. The van der Waals surface area contributed by atoms with Crippen molar-refractivity contribution in [1.29, 1.82) is 0 Å². The van der Waals surface area contributed by atoms with Crippen LogP contribution < -0.4 is 11.1 Å². The third kappa shape index (κ3) is 8.86. The van der Waals surface area contributed by atoms with Gasteiger partial charge in [-0.2, -0.15) is 0 Å². The summed E-state index contributed by atoms with van der Waals surface area (Å²) in [5, 5.41) is 2.62. The van der Waals surface area contributed by atoms with Crippen molar-refractivity contribution in [1.82, 2.24) is 10.2 Å². The zero-order chi connectivity index (χ0) is 17.9. The third-order valence-corrected chi connectivity index (χ3v) is 3.87. The van der Waals surface area contributed by atoms with Gasteiger partial charge in [0.05, 0.1) is 19.2 Å². The topological polar surface area (TPSA) is 84.7 Å². The lowest BCUT2D eigenvalue weighted by Crippen LogP contribution is -2.48. The van der Waals surface area contributed by atoms with Gasteiger partial charge in [-0.05, 0) is 17.9 Å². The van der Waals surface area contributed by atoms with Crippen LogP contribution in [0.3, 0.4) is 0 Å². The Balaban J connectivity index is 0.00000576. The van der Waals surface area contributed by atoms with E-state index in [9.17, 15) is 9.59 Å². The number of ether oxygens (including phenoxy) is 1. The Bertz CT molecular complexity index is 512. The first-order valence-electron chi connectivity index (χ1n) is 8.29. The summed E-state index contributed by atoms with van der Waals surface area (Å²) in [6.45, 7) is 5.23. The number of methoxy groups -OCH3 is 1. The van der Waals surface area contributed by atoms with E-state index in [-0.39, 0.29) is 36.7 Å². The highest BCUT2D eigenvalue weighted by atomic mass is 35.5. The summed E-state index contributed by atoms with van der Waals surface area (Å²) in [6.07, 6.45) is 0.760. The minimum absolute atomic E-state index is 0. The SMILES string of the molecule is COCCN(CCc1ccccc1)C(=O)CNC(=O)[C@@H](N)C(C)C.Cl. The number of nitrogens with two attached hydrogens (primary N) is 1. The van der Waals surface area contributed by atoms with E-state index < -0.39 is 6.04 Å². The Labute approximate surface area is 156 Å². The molecule has 0 saturated carbocycles. The van der Waals surface area contributed by atoms with Gasteiger partial charge < -0.3 is 20.7 Å². The molecule has 0 spiro atoms. The van der Waals surface area contributed by atoms with Crippen LogP contribution in [0.5, 0.6) is 0 Å². The van der Waals surface area contributed by atoms with Gasteiger partial charge in [0.2, 0.25) is 11.8 Å². The molecule has 1 aromatic rings. The molecule has 25 heavy (non-hydrogen) atoms. The van der Waals surface area contributed by atoms with Crippen LogP contribution >= 0.6 is 12.4 Å². The number of amides is 2. The highest BCUT2D eigenvalue weighted by Gasteiger charge is 2.19. The number of hydrogen-bond donors (Lipinski definition) is 2. The summed E-state index contributed by atoms with van der Waals surface area (Å²) in [6, 6.07) is 9.37. The summed E-state index contributed by atoms with van der Waals surface area (Å²) in [7, 11) is 1.60. The van der Waals surface area contributed by atoms with Gasteiger partial charge in [0.15, 0.2) is 0 Å². The Hall–Kier alpha value is -1.63. The van der Waals surface area contributed by atoms with E-state index in [1.807, 2.05) is 44.2 Å². The fourth-order valence-corrected chi connectivity index (χ4v) is 2.17. The molecule has 0 radical (unpaired) electrons. The second-order valence-corrected chi connectivity index (χ2v) is 6.10. The fourth-order valence-electron chi connectivity index (χ4n) is 2.17. The minimum Gasteiger partial charge on any atom is -0.383 e. The lowest BCUT2D eigenvalue weighted by Gasteiger charge is -2.23. The number of nitrogens with one attached hydrogen (secondary N) is 1. The van der Waals surface area contributed by atoms with Crippen molar-refractivity contribution in [2.24, 2.45) is 11.7 Å². The van der Waals surface area contributed by atoms with E-state index in [1.165, 1.54) is 5.56 Å². The van der Waals surface area contributed by atoms with Crippen LogP contribution in [-0.4, -0.2) is 56.1 Å². The molecule has 0 aliphatic rings. The highest BCUT2D eigenvalue weighted by Crippen LogP contribution is 2.02. The predicted octanol–water partition coefficient (Wildman–Crippen LogP) is 1.23. The Morgan fingerprint density at radius 3 is 2.40 bits per heavy atom. The maximum Gasteiger partial charge on any atom is 0.242 e. The zero-order valence-electron chi connectivity index (χ0n) is 15.2. The van der Waals surface area contributed by atoms with Crippen LogP contribution in [-0.2, 0) is 20.7 Å². The molecule has 0 aromatic heterocycles. The molecule has 0 heterocycles. The second kappa shape index (κ2) is 12.7. The molecular weight excluding hydrogens is 342 g/mol. The van der Waals surface area contributed by atoms with E-state index in [2.05, 4.69) is 5.32 Å². The molecule has 1 aromatic carbocycles. The first kappa shape index (κ1) is 23.4. The second-order valence-electron chi connectivity index (χ2n) is 6.10. The van der Waals surface area contributed by atoms with Gasteiger partial charge in [0.25, 0.3) is 0 Å². The lowest BCUT2D eigenvalue weighted by atomic mass is 10.1. The normalized spacial score (nSPS) is 11.6. The van der Waals surface area contributed by atoms with Crippen molar-refractivity contribution in [2.75, 3.05) is 33.4 Å². The summed E-state index contributed by atoms with van der Waals surface area (Å²) < 4.78 is 5.07. The van der Waals surface area contributed by atoms with Gasteiger partial charge in [-0.1, -0.05) is 44.2 Å². The van der Waals surface area contributed by atoms with E-state index in [4.69, 9.17) is 10.5 Å². The molecule has 0 aliphatic carbocycles. The van der Waals surface area contributed by atoms with Gasteiger partial charge in [0, 0.05) is 20.2 Å². The monoisotopic (exact) mass is 371 g/mol. The van der Waals surface area contributed by atoms with Crippen LogP contribution in [0.15, 0.2) is 30.3 Å². The summed E-state index contributed by atoms with van der Waals surface area (Å²) in [5.41, 5.74) is 6.95. The van der Waals surface area contributed by atoms with Crippen molar-refractivity contribution in [3.8, 4) is 0 Å². The van der Waals surface area contributed by atoms with Crippen molar-refractivity contribution >= 4 is 24.2 Å². The molecule has 0 unspecified atom stereocenters. The van der Waals surface area contributed by atoms with Crippen LogP contribution in [0.1, 0.15) is 19.4 Å². The average molecular weight is 372 g/mol. The first-order chi connectivity index (χ1) is 11.5. The largest absolute Gasteiger partial charge is 0.383 e. The van der Waals surface area contributed by atoms with Gasteiger partial charge >= 0.3 is 0 Å². The Kier molecular flexibility index (Phi) is 11.9. The van der Waals surface area contributed by atoms with Crippen molar-refractivity contribution in [2.45, 2.75) is 26.3 Å². The molecule has 2 amide bonds. The number of hydrogen-bond acceptors (Lipinski definition) is 4. The average Bonchev–Trinajstić information content (AvgIpc) is 2.59. The zero-order valence-corrected chi connectivity index (χ0v) is 16.1. The molecule has 7 heteroatoms. The van der Waals surface area contributed by atoms with E-state index >= 15 is 0 Å². The highest BCUT2D eigenvalue weighted by molar-refractivity contribution is 5.87. The third-order valence-electron chi connectivity index (χ3n) is 3.87. The van der Waals surface area contributed by atoms with Crippen LogP contribution in [0.2, 0.25) is 0 Å².